The standard InChI is InChI=1S/C18H20N6O/c25-18(13-24-16-8-2-1-7-15(16)21-22-24)20-14-6-5-11-23(12-14)17-9-3-4-10-19-17/h1-4,7-10,14H,5-6,11-13H2,(H,20,25). The van der Waals surface area contributed by atoms with E-state index < -0.39 is 0 Å². The van der Waals surface area contributed by atoms with Crippen LogP contribution in [0.4, 0.5) is 5.82 Å². The van der Waals surface area contributed by atoms with E-state index >= 15 is 0 Å². The molecular formula is C18H20N6O. The van der Waals surface area contributed by atoms with Gasteiger partial charge in [0.1, 0.15) is 17.9 Å². The van der Waals surface area contributed by atoms with E-state index in [4.69, 9.17) is 0 Å². The maximum atomic E-state index is 12.4. The van der Waals surface area contributed by atoms with Crippen LogP contribution in [-0.4, -0.2) is 45.0 Å². The van der Waals surface area contributed by atoms with E-state index in [1.807, 2.05) is 42.5 Å². The van der Waals surface area contributed by atoms with Gasteiger partial charge in [0.2, 0.25) is 5.91 Å². The Morgan fingerprint density at radius 1 is 1.20 bits per heavy atom. The van der Waals surface area contributed by atoms with Gasteiger partial charge >= 0.3 is 0 Å². The highest BCUT2D eigenvalue weighted by atomic mass is 16.2. The van der Waals surface area contributed by atoms with Crippen LogP contribution in [0.25, 0.3) is 11.0 Å². The molecule has 25 heavy (non-hydrogen) atoms. The van der Waals surface area contributed by atoms with Gasteiger partial charge in [0.15, 0.2) is 0 Å². The lowest BCUT2D eigenvalue weighted by molar-refractivity contribution is -0.122. The number of anilines is 1. The van der Waals surface area contributed by atoms with Crippen molar-refractivity contribution >= 4 is 22.8 Å². The number of nitrogens with zero attached hydrogens (tertiary/aromatic N) is 5. The number of hydrogen-bond acceptors (Lipinski definition) is 5. The van der Waals surface area contributed by atoms with Crippen molar-refractivity contribution in [2.45, 2.75) is 25.4 Å². The summed E-state index contributed by atoms with van der Waals surface area (Å²) in [5, 5.41) is 11.3. The van der Waals surface area contributed by atoms with Crippen molar-refractivity contribution in [3.05, 3.63) is 48.7 Å². The van der Waals surface area contributed by atoms with E-state index in [0.29, 0.717) is 0 Å². The molecule has 1 aromatic carbocycles. The fraction of sp³-hybridized carbons (Fsp3) is 0.333. The zero-order valence-electron chi connectivity index (χ0n) is 13.9. The quantitative estimate of drug-likeness (QED) is 0.783. The molecule has 128 valence electrons. The van der Waals surface area contributed by atoms with Gasteiger partial charge in [-0.15, -0.1) is 5.10 Å². The molecule has 1 saturated heterocycles. The number of amides is 1. The first-order chi connectivity index (χ1) is 12.3. The maximum absolute atomic E-state index is 12.4. The number of fused-ring (bicyclic) bond motifs is 1. The van der Waals surface area contributed by atoms with Crippen molar-refractivity contribution in [2.24, 2.45) is 0 Å². The first-order valence-corrected chi connectivity index (χ1v) is 8.53. The SMILES string of the molecule is O=C(Cn1nnc2ccccc21)NC1CCCN(c2ccccn2)C1. The lowest BCUT2D eigenvalue weighted by Gasteiger charge is -2.33. The van der Waals surface area contributed by atoms with Gasteiger partial charge in [0.05, 0.1) is 5.52 Å². The third kappa shape index (κ3) is 3.45. The Morgan fingerprint density at radius 3 is 2.96 bits per heavy atom. The van der Waals surface area contributed by atoms with Crippen LogP contribution in [0.1, 0.15) is 12.8 Å². The van der Waals surface area contributed by atoms with Gasteiger partial charge < -0.3 is 10.2 Å². The summed E-state index contributed by atoms with van der Waals surface area (Å²) in [6.45, 7) is 1.93. The number of aromatic nitrogens is 4. The molecule has 1 aliphatic rings. The van der Waals surface area contributed by atoms with Crippen LogP contribution in [0.5, 0.6) is 0 Å². The molecule has 4 rings (SSSR count). The summed E-state index contributed by atoms with van der Waals surface area (Å²) in [6.07, 6.45) is 3.81. The Morgan fingerprint density at radius 2 is 2.08 bits per heavy atom. The molecule has 1 aliphatic heterocycles. The van der Waals surface area contributed by atoms with Crippen molar-refractivity contribution in [2.75, 3.05) is 18.0 Å². The molecule has 0 radical (unpaired) electrons. The van der Waals surface area contributed by atoms with Gasteiger partial charge in [0, 0.05) is 25.3 Å². The van der Waals surface area contributed by atoms with Gasteiger partial charge in [-0.25, -0.2) is 9.67 Å². The van der Waals surface area contributed by atoms with Crippen LogP contribution in [0.3, 0.4) is 0 Å². The van der Waals surface area contributed by atoms with Gasteiger partial charge in [-0.1, -0.05) is 23.4 Å². The summed E-state index contributed by atoms with van der Waals surface area (Å²) in [4.78, 5) is 19.1. The molecular weight excluding hydrogens is 316 g/mol. The second-order valence-electron chi connectivity index (χ2n) is 6.28. The van der Waals surface area contributed by atoms with E-state index in [0.717, 1.165) is 42.8 Å². The van der Waals surface area contributed by atoms with Crippen molar-refractivity contribution in [1.82, 2.24) is 25.3 Å². The maximum Gasteiger partial charge on any atom is 0.242 e. The second-order valence-corrected chi connectivity index (χ2v) is 6.28. The first-order valence-electron chi connectivity index (χ1n) is 8.53. The molecule has 1 unspecified atom stereocenters. The average molecular weight is 336 g/mol. The summed E-state index contributed by atoms with van der Waals surface area (Å²) in [6, 6.07) is 13.7. The summed E-state index contributed by atoms with van der Waals surface area (Å²) >= 11 is 0. The van der Waals surface area contributed by atoms with Crippen LogP contribution in [0.2, 0.25) is 0 Å². The largest absolute Gasteiger partial charge is 0.355 e. The summed E-state index contributed by atoms with van der Waals surface area (Å²) in [5.41, 5.74) is 1.67. The number of pyridine rings is 1. The van der Waals surface area contributed by atoms with Gasteiger partial charge in [0.25, 0.3) is 0 Å². The number of carbonyl (C=O) groups is 1. The van der Waals surface area contributed by atoms with Crippen molar-refractivity contribution in [1.29, 1.82) is 0 Å². The number of para-hydroxylation sites is 1. The summed E-state index contributed by atoms with van der Waals surface area (Å²) < 4.78 is 1.64. The Hall–Kier alpha value is -2.96. The predicted molar refractivity (Wildman–Crippen MR) is 95.1 cm³/mol. The number of benzene rings is 1. The highest BCUT2D eigenvalue weighted by Crippen LogP contribution is 2.17. The molecule has 1 atom stereocenters. The lowest BCUT2D eigenvalue weighted by atomic mass is 10.1. The number of hydrogen-bond donors (Lipinski definition) is 1. The van der Waals surface area contributed by atoms with E-state index in [1.54, 1.807) is 10.9 Å². The van der Waals surface area contributed by atoms with Crippen LogP contribution in [0, 0.1) is 0 Å². The van der Waals surface area contributed by atoms with E-state index in [1.165, 1.54) is 0 Å². The molecule has 0 aliphatic carbocycles. The Labute approximate surface area is 145 Å². The average Bonchev–Trinajstić information content (AvgIpc) is 3.06. The Kier molecular flexibility index (Phi) is 4.28. The third-order valence-electron chi connectivity index (χ3n) is 4.47. The van der Waals surface area contributed by atoms with Crippen LogP contribution in [0.15, 0.2) is 48.7 Å². The molecule has 1 fully saturated rings. The van der Waals surface area contributed by atoms with Crippen LogP contribution < -0.4 is 10.2 Å². The molecule has 3 heterocycles. The van der Waals surface area contributed by atoms with E-state index in [2.05, 4.69) is 25.5 Å². The Balaban J connectivity index is 1.39. The number of rotatable bonds is 4. The van der Waals surface area contributed by atoms with Crippen LogP contribution in [-0.2, 0) is 11.3 Å². The number of piperidine rings is 1. The third-order valence-corrected chi connectivity index (χ3v) is 4.47. The topological polar surface area (TPSA) is 75.9 Å². The summed E-state index contributed by atoms with van der Waals surface area (Å²) in [5.74, 6) is 0.923. The van der Waals surface area contributed by atoms with Crippen molar-refractivity contribution in [3.63, 3.8) is 0 Å². The minimum absolute atomic E-state index is 0.0384. The highest BCUT2D eigenvalue weighted by molar-refractivity contribution is 5.80. The molecule has 7 nitrogen and oxygen atoms in total. The normalized spacial score (nSPS) is 17.6. The fourth-order valence-corrected chi connectivity index (χ4v) is 3.29. The molecule has 1 N–H and O–H groups in total. The highest BCUT2D eigenvalue weighted by Gasteiger charge is 2.22. The zero-order valence-corrected chi connectivity index (χ0v) is 13.9. The number of nitrogens with one attached hydrogen (secondary N) is 1. The smallest absolute Gasteiger partial charge is 0.242 e. The minimum atomic E-state index is -0.0384. The van der Waals surface area contributed by atoms with E-state index in [-0.39, 0.29) is 18.5 Å². The molecule has 7 heteroatoms. The Bertz CT molecular complexity index is 862. The molecule has 0 spiro atoms. The van der Waals surface area contributed by atoms with Crippen molar-refractivity contribution < 1.29 is 4.79 Å². The minimum Gasteiger partial charge on any atom is -0.355 e. The molecule has 0 bridgehead atoms. The monoisotopic (exact) mass is 336 g/mol. The molecule has 2 aromatic heterocycles. The molecule has 0 saturated carbocycles. The lowest BCUT2D eigenvalue weighted by Crippen LogP contribution is -2.48. The van der Waals surface area contributed by atoms with Gasteiger partial charge in [-0.2, -0.15) is 0 Å². The second kappa shape index (κ2) is 6.88. The predicted octanol–water partition coefficient (Wildman–Crippen LogP) is 1.61. The van der Waals surface area contributed by atoms with Crippen molar-refractivity contribution in [3.8, 4) is 0 Å². The van der Waals surface area contributed by atoms with Crippen LogP contribution >= 0.6 is 0 Å². The first kappa shape index (κ1) is 15.6. The molecule has 3 aromatic rings. The van der Waals surface area contributed by atoms with E-state index in [9.17, 15) is 4.79 Å². The fourth-order valence-electron chi connectivity index (χ4n) is 3.29. The summed E-state index contributed by atoms with van der Waals surface area (Å²) in [7, 11) is 0. The van der Waals surface area contributed by atoms with Gasteiger partial charge in [-0.05, 0) is 37.1 Å². The molecule has 1 amide bonds. The number of carbonyl (C=O) groups excluding carboxylic acids is 1. The van der Waals surface area contributed by atoms with Gasteiger partial charge in [-0.3, -0.25) is 4.79 Å². The zero-order chi connectivity index (χ0) is 17.1.